The summed E-state index contributed by atoms with van der Waals surface area (Å²) < 4.78 is 7.41. The third-order valence-corrected chi connectivity index (χ3v) is 6.35. The van der Waals surface area contributed by atoms with Gasteiger partial charge in [0.2, 0.25) is 5.91 Å². The molecule has 4 rings (SSSR count). The van der Waals surface area contributed by atoms with Crippen molar-refractivity contribution in [1.82, 2.24) is 14.7 Å². The summed E-state index contributed by atoms with van der Waals surface area (Å²) in [5.74, 6) is 0.805. The van der Waals surface area contributed by atoms with Crippen LogP contribution in [0.25, 0.3) is 16.8 Å². The SMILES string of the molecule is CCOc1ccccc1NC(=O)N(CC(=O)Nc1c(-c2ccccc2)c(C)nn1-c1ccccc1C)C(C)C. The van der Waals surface area contributed by atoms with E-state index in [0.29, 0.717) is 23.9 Å². The number of anilines is 2. The van der Waals surface area contributed by atoms with E-state index >= 15 is 0 Å². The molecule has 8 nitrogen and oxygen atoms in total. The topological polar surface area (TPSA) is 88.5 Å². The molecule has 202 valence electrons. The molecule has 0 fully saturated rings. The van der Waals surface area contributed by atoms with Crippen molar-refractivity contribution in [2.24, 2.45) is 0 Å². The van der Waals surface area contributed by atoms with Crippen molar-refractivity contribution in [3.8, 4) is 22.6 Å². The Bertz CT molecular complexity index is 1450. The molecule has 0 spiro atoms. The summed E-state index contributed by atoms with van der Waals surface area (Å²) in [7, 11) is 0. The Labute approximate surface area is 229 Å². The number of aromatic nitrogens is 2. The van der Waals surface area contributed by atoms with Crippen molar-refractivity contribution in [3.05, 3.63) is 90.1 Å². The average molecular weight is 526 g/mol. The van der Waals surface area contributed by atoms with Crippen LogP contribution in [0, 0.1) is 13.8 Å². The molecule has 0 aliphatic heterocycles. The molecule has 0 saturated carbocycles. The van der Waals surface area contributed by atoms with Gasteiger partial charge in [-0.3, -0.25) is 4.79 Å². The number of carbonyl (C=O) groups excluding carboxylic acids is 2. The lowest BCUT2D eigenvalue weighted by molar-refractivity contribution is -0.117. The van der Waals surface area contributed by atoms with Crippen LogP contribution in [0.15, 0.2) is 78.9 Å². The molecule has 0 aliphatic rings. The summed E-state index contributed by atoms with van der Waals surface area (Å²) in [6, 6.07) is 24.3. The minimum atomic E-state index is -0.390. The Morgan fingerprint density at radius 3 is 2.28 bits per heavy atom. The van der Waals surface area contributed by atoms with E-state index in [1.165, 1.54) is 4.90 Å². The van der Waals surface area contributed by atoms with Gasteiger partial charge in [0.25, 0.3) is 0 Å². The minimum absolute atomic E-state index is 0.146. The smallest absolute Gasteiger partial charge is 0.322 e. The van der Waals surface area contributed by atoms with Crippen LogP contribution in [0.5, 0.6) is 5.75 Å². The molecule has 1 heterocycles. The first-order valence-corrected chi connectivity index (χ1v) is 13.1. The summed E-state index contributed by atoms with van der Waals surface area (Å²) in [5, 5.41) is 10.8. The van der Waals surface area contributed by atoms with Gasteiger partial charge in [0.05, 0.1) is 23.7 Å². The van der Waals surface area contributed by atoms with Crippen molar-refractivity contribution in [2.75, 3.05) is 23.8 Å². The molecule has 0 radical (unpaired) electrons. The third-order valence-electron chi connectivity index (χ3n) is 6.35. The molecule has 0 bridgehead atoms. The highest BCUT2D eigenvalue weighted by Crippen LogP contribution is 2.34. The number of nitrogens with one attached hydrogen (secondary N) is 2. The Morgan fingerprint density at radius 2 is 1.59 bits per heavy atom. The summed E-state index contributed by atoms with van der Waals surface area (Å²) in [6.45, 7) is 9.89. The van der Waals surface area contributed by atoms with Crippen molar-refractivity contribution < 1.29 is 14.3 Å². The van der Waals surface area contributed by atoms with Crippen LogP contribution < -0.4 is 15.4 Å². The second-order valence-electron chi connectivity index (χ2n) is 9.50. The molecular weight excluding hydrogens is 490 g/mol. The Balaban J connectivity index is 1.64. The standard InChI is InChI=1S/C31H35N5O3/c1-6-39-27-19-13-11-17-25(27)32-31(38)35(21(2)3)20-28(37)33-30-29(24-15-8-7-9-16-24)23(5)34-36(30)26-18-12-10-14-22(26)4/h7-19,21H,6,20H2,1-5H3,(H,32,38)(H,33,37). The number of carbonyl (C=O) groups is 2. The van der Waals surface area contributed by atoms with Gasteiger partial charge in [0, 0.05) is 11.6 Å². The van der Waals surface area contributed by atoms with Crippen molar-refractivity contribution in [2.45, 2.75) is 40.7 Å². The van der Waals surface area contributed by atoms with Gasteiger partial charge in [0.15, 0.2) is 0 Å². The summed E-state index contributed by atoms with van der Waals surface area (Å²) in [4.78, 5) is 28.3. The van der Waals surface area contributed by atoms with Crippen molar-refractivity contribution in [3.63, 3.8) is 0 Å². The normalized spacial score (nSPS) is 10.8. The molecule has 0 unspecified atom stereocenters. The van der Waals surface area contributed by atoms with Crippen LogP contribution in [0.1, 0.15) is 32.0 Å². The predicted molar refractivity (Wildman–Crippen MR) is 156 cm³/mol. The third kappa shape index (κ3) is 6.29. The Kier molecular flexibility index (Phi) is 8.66. The zero-order chi connectivity index (χ0) is 27.9. The summed E-state index contributed by atoms with van der Waals surface area (Å²) in [6.07, 6.45) is 0. The fourth-order valence-electron chi connectivity index (χ4n) is 4.42. The molecule has 3 aromatic carbocycles. The predicted octanol–water partition coefficient (Wildman–Crippen LogP) is 6.44. The molecule has 1 aromatic heterocycles. The molecule has 2 N–H and O–H groups in total. The Hall–Kier alpha value is -4.59. The van der Waals surface area contributed by atoms with Crippen LogP contribution in [-0.4, -0.2) is 45.8 Å². The largest absolute Gasteiger partial charge is 0.492 e. The van der Waals surface area contributed by atoms with E-state index < -0.39 is 0 Å². The zero-order valence-electron chi connectivity index (χ0n) is 23.1. The highest BCUT2D eigenvalue weighted by atomic mass is 16.5. The van der Waals surface area contributed by atoms with Crippen LogP contribution >= 0.6 is 0 Å². The first kappa shape index (κ1) is 27.4. The van der Waals surface area contributed by atoms with E-state index in [1.807, 2.05) is 101 Å². The molecular formula is C31H35N5O3. The molecule has 39 heavy (non-hydrogen) atoms. The van der Waals surface area contributed by atoms with Crippen LogP contribution in [0.3, 0.4) is 0 Å². The maximum absolute atomic E-state index is 13.5. The quantitative estimate of drug-likeness (QED) is 0.263. The first-order valence-electron chi connectivity index (χ1n) is 13.1. The monoisotopic (exact) mass is 525 g/mol. The number of ether oxygens (including phenoxy) is 1. The molecule has 0 saturated heterocycles. The van der Waals surface area contributed by atoms with Gasteiger partial charge in [-0.15, -0.1) is 0 Å². The number of nitrogens with zero attached hydrogens (tertiary/aromatic N) is 3. The van der Waals surface area contributed by atoms with Gasteiger partial charge < -0.3 is 20.3 Å². The lowest BCUT2D eigenvalue weighted by atomic mass is 10.1. The lowest BCUT2D eigenvalue weighted by Gasteiger charge is -2.27. The maximum Gasteiger partial charge on any atom is 0.322 e. The van der Waals surface area contributed by atoms with Crippen molar-refractivity contribution >= 4 is 23.4 Å². The molecule has 8 heteroatoms. The van der Waals surface area contributed by atoms with E-state index in [9.17, 15) is 9.59 Å². The molecule has 3 amide bonds. The van der Waals surface area contributed by atoms with E-state index in [1.54, 1.807) is 16.8 Å². The lowest BCUT2D eigenvalue weighted by Crippen LogP contribution is -2.44. The second-order valence-corrected chi connectivity index (χ2v) is 9.50. The molecule has 0 atom stereocenters. The van der Waals surface area contributed by atoms with Gasteiger partial charge in [-0.2, -0.15) is 5.10 Å². The van der Waals surface area contributed by atoms with Gasteiger partial charge in [-0.05, 0) is 63.9 Å². The highest BCUT2D eigenvalue weighted by molar-refractivity contribution is 5.99. The summed E-state index contributed by atoms with van der Waals surface area (Å²) >= 11 is 0. The van der Waals surface area contributed by atoms with E-state index in [-0.39, 0.29) is 24.5 Å². The number of benzene rings is 3. The van der Waals surface area contributed by atoms with E-state index in [2.05, 4.69) is 10.6 Å². The Morgan fingerprint density at radius 1 is 0.923 bits per heavy atom. The van der Waals surface area contributed by atoms with Gasteiger partial charge in [-0.25, -0.2) is 9.48 Å². The van der Waals surface area contributed by atoms with Crippen LogP contribution in [-0.2, 0) is 4.79 Å². The number of urea groups is 1. The van der Waals surface area contributed by atoms with E-state index in [4.69, 9.17) is 9.84 Å². The fraction of sp³-hybridized carbons (Fsp3) is 0.258. The van der Waals surface area contributed by atoms with Gasteiger partial charge >= 0.3 is 6.03 Å². The zero-order valence-corrected chi connectivity index (χ0v) is 23.1. The highest BCUT2D eigenvalue weighted by Gasteiger charge is 2.25. The number of rotatable bonds is 9. The maximum atomic E-state index is 13.5. The van der Waals surface area contributed by atoms with Gasteiger partial charge in [-0.1, -0.05) is 60.7 Å². The van der Waals surface area contributed by atoms with Crippen LogP contribution in [0.4, 0.5) is 16.3 Å². The number of para-hydroxylation sites is 3. The van der Waals surface area contributed by atoms with Crippen LogP contribution in [0.2, 0.25) is 0 Å². The fourth-order valence-corrected chi connectivity index (χ4v) is 4.42. The number of hydrogen-bond acceptors (Lipinski definition) is 4. The second kappa shape index (κ2) is 12.3. The number of amides is 3. The minimum Gasteiger partial charge on any atom is -0.492 e. The van der Waals surface area contributed by atoms with E-state index in [0.717, 1.165) is 28.1 Å². The average Bonchev–Trinajstić information content (AvgIpc) is 3.24. The number of hydrogen-bond donors (Lipinski definition) is 2. The summed E-state index contributed by atoms with van der Waals surface area (Å²) in [5.41, 5.74) is 4.99. The van der Waals surface area contributed by atoms with Crippen molar-refractivity contribution in [1.29, 1.82) is 0 Å². The molecule has 4 aromatic rings. The molecule has 0 aliphatic carbocycles. The first-order chi connectivity index (χ1) is 18.8. The van der Waals surface area contributed by atoms with Gasteiger partial charge in [0.1, 0.15) is 18.1 Å². The number of aryl methyl sites for hydroxylation is 2.